The first-order valence-electron chi connectivity index (χ1n) is 11.9. The van der Waals surface area contributed by atoms with E-state index in [-0.39, 0.29) is 10.8 Å². The highest BCUT2D eigenvalue weighted by molar-refractivity contribution is 6.30. The monoisotopic (exact) mass is 446 g/mol. The maximum atomic E-state index is 6.48. The second-order valence-corrected chi connectivity index (χ2v) is 9.97. The molecular weight excluding hydrogens is 412 g/mol. The van der Waals surface area contributed by atoms with Gasteiger partial charge in [-0.15, -0.1) is 0 Å². The minimum Gasteiger partial charge on any atom is -0.329 e. The fourth-order valence-electron chi connectivity index (χ4n) is 5.32. The van der Waals surface area contributed by atoms with Crippen molar-refractivity contribution in [1.29, 1.82) is 0 Å². The molecule has 2 nitrogen and oxygen atoms in total. The molecule has 0 saturated carbocycles. The Kier molecular flexibility index (Phi) is 7.35. The van der Waals surface area contributed by atoms with Crippen LogP contribution >= 0.6 is 11.6 Å². The Morgan fingerprint density at radius 3 is 1.88 bits per heavy atom. The number of nitrogens with zero attached hydrogens (tertiary/aromatic N) is 1. The highest BCUT2D eigenvalue weighted by atomic mass is 35.5. The van der Waals surface area contributed by atoms with Crippen molar-refractivity contribution in [2.45, 2.75) is 43.4 Å². The molecule has 0 radical (unpaired) electrons. The van der Waals surface area contributed by atoms with Crippen LogP contribution in [0.2, 0.25) is 5.02 Å². The molecule has 2 N–H and O–H groups in total. The van der Waals surface area contributed by atoms with Crippen LogP contribution in [0.25, 0.3) is 0 Å². The second kappa shape index (κ2) is 10.2. The molecule has 3 aromatic rings. The molecule has 3 aromatic carbocycles. The van der Waals surface area contributed by atoms with Crippen molar-refractivity contribution >= 4 is 11.6 Å². The lowest BCUT2D eigenvalue weighted by Gasteiger charge is -2.40. The van der Waals surface area contributed by atoms with Crippen molar-refractivity contribution in [1.82, 2.24) is 4.90 Å². The van der Waals surface area contributed by atoms with Crippen LogP contribution in [0.3, 0.4) is 0 Å². The van der Waals surface area contributed by atoms with E-state index in [2.05, 4.69) is 84.6 Å². The van der Waals surface area contributed by atoms with Gasteiger partial charge >= 0.3 is 0 Å². The predicted molar refractivity (Wildman–Crippen MR) is 136 cm³/mol. The van der Waals surface area contributed by atoms with E-state index in [9.17, 15) is 0 Å². The van der Waals surface area contributed by atoms with E-state index in [0.29, 0.717) is 6.54 Å². The van der Waals surface area contributed by atoms with Gasteiger partial charge in [0.15, 0.2) is 0 Å². The third-order valence-corrected chi connectivity index (χ3v) is 7.83. The van der Waals surface area contributed by atoms with E-state index < -0.39 is 0 Å². The SMILES string of the molecule is CC1(c2ccc(Cl)cc2)CCN(CCCC(CN)(c2ccccc2)c2ccccc2)CC1. The molecule has 1 fully saturated rings. The quantitative estimate of drug-likeness (QED) is 0.432. The Hall–Kier alpha value is -2.13. The van der Waals surface area contributed by atoms with E-state index in [1.54, 1.807) is 0 Å². The average molecular weight is 447 g/mol. The van der Waals surface area contributed by atoms with Gasteiger partial charge in [0.25, 0.3) is 0 Å². The Morgan fingerprint density at radius 1 is 0.844 bits per heavy atom. The van der Waals surface area contributed by atoms with Crippen molar-refractivity contribution < 1.29 is 0 Å². The predicted octanol–water partition coefficient (Wildman–Crippen LogP) is 6.42. The summed E-state index contributed by atoms with van der Waals surface area (Å²) in [6.07, 6.45) is 4.57. The van der Waals surface area contributed by atoms with Crippen LogP contribution in [0, 0.1) is 0 Å². The van der Waals surface area contributed by atoms with E-state index in [1.165, 1.54) is 29.5 Å². The zero-order valence-corrected chi connectivity index (χ0v) is 19.9. The van der Waals surface area contributed by atoms with Crippen molar-refractivity contribution in [3.63, 3.8) is 0 Å². The first-order valence-corrected chi connectivity index (χ1v) is 12.2. The molecule has 0 atom stereocenters. The summed E-state index contributed by atoms with van der Waals surface area (Å²) in [5, 5.41) is 0.815. The van der Waals surface area contributed by atoms with Crippen molar-refractivity contribution in [2.75, 3.05) is 26.2 Å². The van der Waals surface area contributed by atoms with Gasteiger partial charge in [0.1, 0.15) is 0 Å². The molecule has 32 heavy (non-hydrogen) atoms. The first-order chi connectivity index (χ1) is 15.6. The van der Waals surface area contributed by atoms with Gasteiger partial charge < -0.3 is 10.6 Å². The maximum Gasteiger partial charge on any atom is 0.0406 e. The highest BCUT2D eigenvalue weighted by Crippen LogP contribution is 2.38. The number of piperidine rings is 1. The summed E-state index contributed by atoms with van der Waals surface area (Å²) < 4.78 is 0. The topological polar surface area (TPSA) is 29.3 Å². The number of hydrogen-bond donors (Lipinski definition) is 1. The Bertz CT molecular complexity index is 922. The summed E-state index contributed by atoms with van der Waals surface area (Å²) >= 11 is 6.10. The summed E-state index contributed by atoms with van der Waals surface area (Å²) in [5.74, 6) is 0. The minimum atomic E-state index is -0.129. The van der Waals surface area contributed by atoms with Gasteiger partial charge in [0.05, 0.1) is 0 Å². The third-order valence-electron chi connectivity index (χ3n) is 7.58. The summed E-state index contributed by atoms with van der Waals surface area (Å²) in [5.41, 5.74) is 10.7. The lowest BCUT2D eigenvalue weighted by molar-refractivity contribution is 0.163. The van der Waals surface area contributed by atoms with E-state index in [1.807, 2.05) is 12.1 Å². The Morgan fingerprint density at radius 2 is 1.38 bits per heavy atom. The molecule has 0 spiro atoms. The van der Waals surface area contributed by atoms with Gasteiger partial charge in [-0.25, -0.2) is 0 Å². The van der Waals surface area contributed by atoms with E-state index >= 15 is 0 Å². The van der Waals surface area contributed by atoms with Crippen molar-refractivity contribution in [3.8, 4) is 0 Å². The third kappa shape index (κ3) is 4.93. The molecule has 1 heterocycles. The van der Waals surface area contributed by atoms with Crippen LogP contribution < -0.4 is 5.73 Å². The van der Waals surface area contributed by atoms with Gasteiger partial charge in [-0.2, -0.15) is 0 Å². The van der Waals surface area contributed by atoms with Crippen molar-refractivity contribution in [2.24, 2.45) is 5.73 Å². The standard InChI is InChI=1S/C29H35ClN2/c1-28(24-13-15-27(30)16-14-24)18-21-32(22-19-28)20-8-17-29(23-31,25-9-4-2-5-10-25)26-11-6-3-7-12-26/h2-7,9-16H,8,17-23,31H2,1H3. The molecular formula is C29H35ClN2. The van der Waals surface area contributed by atoms with Crippen LogP contribution in [-0.4, -0.2) is 31.1 Å². The summed E-state index contributed by atoms with van der Waals surface area (Å²) in [4.78, 5) is 2.63. The van der Waals surface area contributed by atoms with Gasteiger partial charge in [0.2, 0.25) is 0 Å². The fourth-order valence-corrected chi connectivity index (χ4v) is 5.45. The highest BCUT2D eigenvalue weighted by Gasteiger charge is 2.34. The summed E-state index contributed by atoms with van der Waals surface area (Å²) in [6, 6.07) is 30.1. The molecule has 0 aromatic heterocycles. The Balaban J connectivity index is 1.40. The minimum absolute atomic E-state index is 0.129. The molecule has 1 aliphatic heterocycles. The molecule has 0 bridgehead atoms. The fraction of sp³-hybridized carbons (Fsp3) is 0.379. The molecule has 0 unspecified atom stereocenters. The van der Waals surface area contributed by atoms with Gasteiger partial charge in [0, 0.05) is 17.0 Å². The molecule has 1 aliphatic rings. The van der Waals surface area contributed by atoms with Crippen LogP contribution in [0.5, 0.6) is 0 Å². The largest absolute Gasteiger partial charge is 0.329 e. The van der Waals surface area contributed by atoms with Crippen LogP contribution in [0.15, 0.2) is 84.9 Å². The number of rotatable bonds is 8. The first kappa shape index (κ1) is 23.0. The van der Waals surface area contributed by atoms with Gasteiger partial charge in [-0.1, -0.05) is 91.3 Å². The number of halogens is 1. The molecule has 168 valence electrons. The van der Waals surface area contributed by atoms with Crippen LogP contribution in [0.4, 0.5) is 0 Å². The molecule has 1 saturated heterocycles. The lowest BCUT2D eigenvalue weighted by Crippen LogP contribution is -2.42. The van der Waals surface area contributed by atoms with E-state index in [4.69, 9.17) is 17.3 Å². The van der Waals surface area contributed by atoms with Gasteiger partial charge in [-0.3, -0.25) is 0 Å². The van der Waals surface area contributed by atoms with Crippen LogP contribution in [0.1, 0.15) is 49.3 Å². The second-order valence-electron chi connectivity index (χ2n) is 9.53. The average Bonchev–Trinajstić information content (AvgIpc) is 2.85. The molecule has 3 heteroatoms. The van der Waals surface area contributed by atoms with Gasteiger partial charge in [-0.05, 0) is 79.6 Å². The number of hydrogen-bond acceptors (Lipinski definition) is 2. The smallest absolute Gasteiger partial charge is 0.0406 e. The summed E-state index contributed by atoms with van der Waals surface area (Å²) in [7, 11) is 0. The maximum absolute atomic E-state index is 6.48. The zero-order chi connectivity index (χ0) is 22.4. The number of benzene rings is 3. The van der Waals surface area contributed by atoms with Crippen molar-refractivity contribution in [3.05, 3.63) is 107 Å². The molecule has 0 amide bonds. The van der Waals surface area contributed by atoms with E-state index in [0.717, 1.165) is 37.5 Å². The molecule has 0 aliphatic carbocycles. The number of nitrogens with two attached hydrogens (primary N) is 1. The zero-order valence-electron chi connectivity index (χ0n) is 19.1. The normalized spacial score (nSPS) is 16.7. The number of likely N-dealkylation sites (tertiary alicyclic amines) is 1. The Labute approximate surface area is 198 Å². The van der Waals surface area contributed by atoms with Crippen LogP contribution in [-0.2, 0) is 10.8 Å². The molecule has 4 rings (SSSR count). The lowest BCUT2D eigenvalue weighted by atomic mass is 9.71. The summed E-state index contributed by atoms with van der Waals surface area (Å²) in [6.45, 7) is 6.43.